The van der Waals surface area contributed by atoms with Gasteiger partial charge in [-0.2, -0.15) is 5.10 Å². The Morgan fingerprint density at radius 3 is 2.94 bits per heavy atom. The number of anilines is 1. The van der Waals surface area contributed by atoms with Crippen molar-refractivity contribution in [1.29, 1.82) is 0 Å². The number of rotatable bonds is 4. The van der Waals surface area contributed by atoms with E-state index < -0.39 is 0 Å². The lowest BCUT2D eigenvalue weighted by Crippen LogP contribution is -2.10. The van der Waals surface area contributed by atoms with Gasteiger partial charge in [-0.25, -0.2) is 0 Å². The average molecular weight is 243 g/mol. The van der Waals surface area contributed by atoms with E-state index in [4.69, 9.17) is 0 Å². The molecular formula is C14H17N3O. The normalized spacial score (nSPS) is 10.3. The van der Waals surface area contributed by atoms with Gasteiger partial charge in [0.25, 0.3) is 0 Å². The van der Waals surface area contributed by atoms with E-state index in [0.717, 1.165) is 0 Å². The fraction of sp³-hybridized carbons (Fsp3) is 0.286. The van der Waals surface area contributed by atoms with Gasteiger partial charge in [-0.3, -0.25) is 9.48 Å². The zero-order valence-electron chi connectivity index (χ0n) is 10.7. The van der Waals surface area contributed by atoms with E-state index in [0.29, 0.717) is 18.8 Å². The van der Waals surface area contributed by atoms with Crippen molar-refractivity contribution in [2.75, 3.05) is 5.32 Å². The molecule has 94 valence electrons. The third kappa shape index (κ3) is 3.20. The second kappa shape index (κ2) is 5.49. The predicted molar refractivity (Wildman–Crippen MR) is 71.4 cm³/mol. The van der Waals surface area contributed by atoms with Crippen molar-refractivity contribution in [3.63, 3.8) is 0 Å². The summed E-state index contributed by atoms with van der Waals surface area (Å²) < 4.78 is 1.82. The first-order valence-electron chi connectivity index (χ1n) is 6.06. The van der Waals surface area contributed by atoms with Gasteiger partial charge in [0.05, 0.1) is 6.54 Å². The Kier molecular flexibility index (Phi) is 3.77. The number of carbonyl (C=O) groups is 1. The summed E-state index contributed by atoms with van der Waals surface area (Å²) in [5.74, 6) is 0.588. The first-order chi connectivity index (χ1) is 8.67. The van der Waals surface area contributed by atoms with Gasteiger partial charge in [-0.05, 0) is 12.5 Å². The predicted octanol–water partition coefficient (Wildman–Crippen LogP) is 2.59. The lowest BCUT2D eigenvalue weighted by Gasteiger charge is -2.03. The highest BCUT2D eigenvalue weighted by molar-refractivity contribution is 5.89. The quantitative estimate of drug-likeness (QED) is 0.897. The molecule has 0 spiro atoms. The van der Waals surface area contributed by atoms with E-state index in [1.165, 1.54) is 11.1 Å². The van der Waals surface area contributed by atoms with Crippen LogP contribution in [0.5, 0.6) is 0 Å². The van der Waals surface area contributed by atoms with Crippen LogP contribution in [0.15, 0.2) is 36.5 Å². The molecule has 2 aromatic rings. The maximum absolute atomic E-state index is 11.2. The van der Waals surface area contributed by atoms with E-state index in [2.05, 4.69) is 35.5 Å². The third-order valence-corrected chi connectivity index (χ3v) is 2.66. The van der Waals surface area contributed by atoms with Crippen LogP contribution in [0.4, 0.5) is 5.82 Å². The highest BCUT2D eigenvalue weighted by Crippen LogP contribution is 2.08. The zero-order chi connectivity index (χ0) is 13.0. The Bertz CT molecular complexity index is 545. The van der Waals surface area contributed by atoms with E-state index in [1.807, 2.05) is 29.9 Å². The highest BCUT2D eigenvalue weighted by atomic mass is 16.1. The molecule has 0 atom stereocenters. The minimum absolute atomic E-state index is 0.0178. The second-order valence-corrected chi connectivity index (χ2v) is 4.29. The lowest BCUT2D eigenvalue weighted by atomic mass is 10.1. The van der Waals surface area contributed by atoms with Crippen LogP contribution in [0.25, 0.3) is 0 Å². The molecule has 18 heavy (non-hydrogen) atoms. The molecule has 4 nitrogen and oxygen atoms in total. The first kappa shape index (κ1) is 12.4. The second-order valence-electron chi connectivity index (χ2n) is 4.29. The van der Waals surface area contributed by atoms with Crippen molar-refractivity contribution >= 4 is 11.7 Å². The fourth-order valence-corrected chi connectivity index (χ4v) is 1.75. The molecule has 4 heteroatoms. The minimum atomic E-state index is -0.0178. The summed E-state index contributed by atoms with van der Waals surface area (Å²) in [5, 5.41) is 7.05. The van der Waals surface area contributed by atoms with E-state index in [1.54, 1.807) is 0 Å². The molecule has 0 aliphatic heterocycles. The number of aromatic nitrogens is 2. The van der Waals surface area contributed by atoms with E-state index in [-0.39, 0.29) is 5.91 Å². The maximum Gasteiger partial charge on any atom is 0.225 e. The van der Waals surface area contributed by atoms with Crippen molar-refractivity contribution in [3.8, 4) is 0 Å². The molecule has 0 unspecified atom stereocenters. The van der Waals surface area contributed by atoms with Crippen LogP contribution in [-0.4, -0.2) is 15.7 Å². The maximum atomic E-state index is 11.2. The molecule has 0 bridgehead atoms. The van der Waals surface area contributed by atoms with Gasteiger partial charge in [0.1, 0.15) is 0 Å². The standard InChI is InChI=1S/C14H17N3O/c1-3-14(18)15-13-7-8-17(16-13)10-12-6-4-5-11(2)9-12/h4-9H,3,10H2,1-2H3,(H,15,16,18). The Labute approximate surface area is 107 Å². The smallest absolute Gasteiger partial charge is 0.225 e. The number of carbonyl (C=O) groups excluding carboxylic acids is 1. The molecule has 2 rings (SSSR count). The molecule has 0 radical (unpaired) electrons. The molecule has 0 aliphatic carbocycles. The van der Waals surface area contributed by atoms with Gasteiger partial charge in [0, 0.05) is 18.7 Å². The van der Waals surface area contributed by atoms with Crippen LogP contribution in [0.2, 0.25) is 0 Å². The van der Waals surface area contributed by atoms with E-state index in [9.17, 15) is 4.79 Å². The van der Waals surface area contributed by atoms with Crippen molar-refractivity contribution in [3.05, 3.63) is 47.7 Å². The minimum Gasteiger partial charge on any atom is -0.309 e. The SMILES string of the molecule is CCC(=O)Nc1ccn(Cc2cccc(C)c2)n1. The highest BCUT2D eigenvalue weighted by Gasteiger charge is 2.03. The lowest BCUT2D eigenvalue weighted by molar-refractivity contribution is -0.115. The molecule has 0 saturated carbocycles. The monoisotopic (exact) mass is 243 g/mol. The molecule has 1 aromatic heterocycles. The summed E-state index contributed by atoms with van der Waals surface area (Å²) in [7, 11) is 0. The first-order valence-corrected chi connectivity index (χ1v) is 6.06. The van der Waals surface area contributed by atoms with Crippen LogP contribution in [0.3, 0.4) is 0 Å². The van der Waals surface area contributed by atoms with Crippen LogP contribution in [0.1, 0.15) is 24.5 Å². The van der Waals surface area contributed by atoms with Gasteiger partial charge in [0.2, 0.25) is 5.91 Å². The Hall–Kier alpha value is -2.10. The van der Waals surface area contributed by atoms with Crippen LogP contribution >= 0.6 is 0 Å². The summed E-state index contributed by atoms with van der Waals surface area (Å²) in [4.78, 5) is 11.2. The topological polar surface area (TPSA) is 46.9 Å². The molecule has 1 N–H and O–H groups in total. The average Bonchev–Trinajstić information content (AvgIpc) is 2.76. The van der Waals surface area contributed by atoms with Gasteiger partial charge in [0.15, 0.2) is 5.82 Å². The molecule has 1 amide bonds. The van der Waals surface area contributed by atoms with Crippen LogP contribution < -0.4 is 5.32 Å². The Balaban J connectivity index is 2.04. The van der Waals surface area contributed by atoms with Gasteiger partial charge < -0.3 is 5.32 Å². The Morgan fingerprint density at radius 2 is 2.22 bits per heavy atom. The van der Waals surface area contributed by atoms with Crippen molar-refractivity contribution in [1.82, 2.24) is 9.78 Å². The number of hydrogen-bond acceptors (Lipinski definition) is 2. The fourth-order valence-electron chi connectivity index (χ4n) is 1.75. The number of aryl methyl sites for hydroxylation is 1. The van der Waals surface area contributed by atoms with Crippen molar-refractivity contribution in [2.24, 2.45) is 0 Å². The number of benzene rings is 1. The van der Waals surface area contributed by atoms with E-state index >= 15 is 0 Å². The van der Waals surface area contributed by atoms with Gasteiger partial charge >= 0.3 is 0 Å². The number of amides is 1. The zero-order valence-corrected chi connectivity index (χ0v) is 10.7. The Morgan fingerprint density at radius 1 is 1.39 bits per heavy atom. The summed E-state index contributed by atoms with van der Waals surface area (Å²) >= 11 is 0. The van der Waals surface area contributed by atoms with Crippen LogP contribution in [0, 0.1) is 6.92 Å². The molecule has 1 aromatic carbocycles. The summed E-state index contributed by atoms with van der Waals surface area (Å²) in [6.45, 7) is 4.60. The largest absolute Gasteiger partial charge is 0.309 e. The molecule has 0 aliphatic rings. The molecular weight excluding hydrogens is 226 g/mol. The van der Waals surface area contributed by atoms with Crippen molar-refractivity contribution < 1.29 is 4.79 Å². The molecule has 0 fully saturated rings. The third-order valence-electron chi connectivity index (χ3n) is 2.66. The summed E-state index contributed by atoms with van der Waals surface area (Å²) in [6, 6.07) is 10.1. The molecule has 0 saturated heterocycles. The van der Waals surface area contributed by atoms with Crippen LogP contribution in [-0.2, 0) is 11.3 Å². The van der Waals surface area contributed by atoms with Gasteiger partial charge in [-0.15, -0.1) is 0 Å². The summed E-state index contributed by atoms with van der Waals surface area (Å²) in [6.07, 6.45) is 2.33. The van der Waals surface area contributed by atoms with Gasteiger partial charge in [-0.1, -0.05) is 36.8 Å². The number of hydrogen-bond donors (Lipinski definition) is 1. The number of nitrogens with zero attached hydrogens (tertiary/aromatic N) is 2. The molecule has 1 heterocycles. The number of nitrogens with one attached hydrogen (secondary N) is 1. The summed E-state index contributed by atoms with van der Waals surface area (Å²) in [5.41, 5.74) is 2.44. The van der Waals surface area contributed by atoms with Crippen molar-refractivity contribution in [2.45, 2.75) is 26.8 Å².